The van der Waals surface area contributed by atoms with E-state index in [1.54, 1.807) is 0 Å². The molecule has 1 fully saturated rings. The highest BCUT2D eigenvalue weighted by molar-refractivity contribution is 6.31. The van der Waals surface area contributed by atoms with E-state index in [1.165, 1.54) is 0 Å². The summed E-state index contributed by atoms with van der Waals surface area (Å²) in [6, 6.07) is 17.7. The first-order chi connectivity index (χ1) is 14.7. The molecule has 30 heavy (non-hydrogen) atoms. The van der Waals surface area contributed by atoms with Crippen molar-refractivity contribution in [1.29, 1.82) is 5.26 Å². The molecule has 156 valence electrons. The molecule has 0 unspecified atom stereocenters. The minimum absolute atomic E-state index is 0.154. The van der Waals surface area contributed by atoms with Gasteiger partial charge >= 0.3 is 0 Å². The minimum Gasteiger partial charge on any atom is -0.353 e. The van der Waals surface area contributed by atoms with Crippen molar-refractivity contribution in [3.8, 4) is 6.19 Å². The smallest absolute Gasteiger partial charge is 0.222 e. The van der Waals surface area contributed by atoms with Gasteiger partial charge in [0.1, 0.15) is 0 Å². The molecule has 0 aliphatic carbocycles. The Hall–Kier alpha value is -3.04. The molecule has 0 atom stereocenters. The Morgan fingerprint density at radius 2 is 1.83 bits per heavy atom. The van der Waals surface area contributed by atoms with Crippen LogP contribution in [0.25, 0.3) is 0 Å². The Bertz CT molecular complexity index is 901. The van der Waals surface area contributed by atoms with Crippen LogP contribution in [0.15, 0.2) is 59.6 Å². The summed E-state index contributed by atoms with van der Waals surface area (Å²) in [5.41, 5.74) is 2.08. The Balaban J connectivity index is 1.46. The predicted molar refractivity (Wildman–Crippen MR) is 119 cm³/mol. The largest absolute Gasteiger partial charge is 0.353 e. The molecule has 0 bridgehead atoms. The third-order valence-corrected chi connectivity index (χ3v) is 5.56. The zero-order chi connectivity index (χ0) is 21.2. The number of nitrogens with one attached hydrogen (secondary N) is 2. The maximum atomic E-state index is 12.6. The van der Waals surface area contributed by atoms with E-state index in [2.05, 4.69) is 15.6 Å². The third-order valence-electron chi connectivity index (χ3n) is 5.19. The molecular formula is C23H26ClN5O. The number of hydrogen-bond acceptors (Lipinski definition) is 3. The summed E-state index contributed by atoms with van der Waals surface area (Å²) in [4.78, 5) is 18.9. The van der Waals surface area contributed by atoms with Crippen molar-refractivity contribution >= 4 is 23.5 Å². The molecule has 1 aliphatic rings. The average Bonchev–Trinajstić information content (AvgIpc) is 2.78. The first kappa shape index (κ1) is 21.7. The van der Waals surface area contributed by atoms with Gasteiger partial charge in [0.25, 0.3) is 0 Å². The fraction of sp³-hybridized carbons (Fsp3) is 0.348. The van der Waals surface area contributed by atoms with Gasteiger partial charge in [-0.2, -0.15) is 5.26 Å². The summed E-state index contributed by atoms with van der Waals surface area (Å²) in [6.45, 7) is 1.88. The summed E-state index contributed by atoms with van der Waals surface area (Å²) < 4.78 is 0. The summed E-state index contributed by atoms with van der Waals surface area (Å²) in [5, 5.41) is 15.7. The molecule has 6 nitrogen and oxygen atoms in total. The number of guanidine groups is 1. The number of nitriles is 1. The van der Waals surface area contributed by atoms with Gasteiger partial charge in [-0.15, -0.1) is 0 Å². The van der Waals surface area contributed by atoms with E-state index in [9.17, 15) is 4.79 Å². The van der Waals surface area contributed by atoms with E-state index in [-0.39, 0.29) is 11.9 Å². The molecule has 0 spiro atoms. The second kappa shape index (κ2) is 11.2. The lowest BCUT2D eigenvalue weighted by Gasteiger charge is -2.33. The highest BCUT2D eigenvalue weighted by Crippen LogP contribution is 2.18. The van der Waals surface area contributed by atoms with E-state index in [1.807, 2.05) is 65.7 Å². The lowest BCUT2D eigenvalue weighted by Crippen LogP contribution is -2.49. The average molecular weight is 424 g/mol. The quantitative estimate of drug-likeness (QED) is 0.322. The van der Waals surface area contributed by atoms with Gasteiger partial charge in [0, 0.05) is 30.6 Å². The van der Waals surface area contributed by atoms with Crippen LogP contribution in [0.2, 0.25) is 5.02 Å². The van der Waals surface area contributed by atoms with Crippen LogP contribution in [0.4, 0.5) is 0 Å². The van der Waals surface area contributed by atoms with Gasteiger partial charge in [-0.25, -0.2) is 4.99 Å². The van der Waals surface area contributed by atoms with E-state index < -0.39 is 0 Å². The molecule has 1 heterocycles. The van der Waals surface area contributed by atoms with Crippen LogP contribution in [-0.4, -0.2) is 35.9 Å². The van der Waals surface area contributed by atoms with Crippen LogP contribution in [-0.2, 0) is 17.8 Å². The Morgan fingerprint density at radius 3 is 2.53 bits per heavy atom. The molecule has 1 amide bonds. The topological polar surface area (TPSA) is 80.5 Å². The third kappa shape index (κ3) is 6.50. The fourth-order valence-corrected chi connectivity index (χ4v) is 3.73. The first-order valence-corrected chi connectivity index (χ1v) is 10.5. The van der Waals surface area contributed by atoms with Crippen molar-refractivity contribution < 1.29 is 4.79 Å². The van der Waals surface area contributed by atoms with Gasteiger partial charge in [0.05, 0.1) is 6.54 Å². The van der Waals surface area contributed by atoms with E-state index in [4.69, 9.17) is 16.9 Å². The summed E-state index contributed by atoms with van der Waals surface area (Å²) in [6.07, 6.45) is 4.68. The van der Waals surface area contributed by atoms with Gasteiger partial charge in [-0.05, 0) is 36.5 Å². The number of piperidine rings is 1. The van der Waals surface area contributed by atoms with Crippen molar-refractivity contribution in [3.05, 3.63) is 70.7 Å². The Kier molecular flexibility index (Phi) is 8.10. The maximum absolute atomic E-state index is 12.6. The van der Waals surface area contributed by atoms with Crippen molar-refractivity contribution in [1.82, 2.24) is 15.5 Å². The van der Waals surface area contributed by atoms with Crippen LogP contribution in [0.1, 0.15) is 30.4 Å². The highest BCUT2D eigenvalue weighted by Gasteiger charge is 2.23. The second-order valence-electron chi connectivity index (χ2n) is 7.28. The van der Waals surface area contributed by atoms with Crippen LogP contribution >= 0.6 is 11.6 Å². The molecule has 3 rings (SSSR count). The van der Waals surface area contributed by atoms with Crippen molar-refractivity contribution in [3.63, 3.8) is 0 Å². The lowest BCUT2D eigenvalue weighted by molar-refractivity contribution is -0.132. The summed E-state index contributed by atoms with van der Waals surface area (Å²) in [7, 11) is 0. The van der Waals surface area contributed by atoms with Gasteiger partial charge < -0.3 is 10.2 Å². The van der Waals surface area contributed by atoms with Crippen molar-refractivity contribution in [2.45, 2.75) is 38.3 Å². The lowest BCUT2D eigenvalue weighted by atomic mass is 10.0. The highest BCUT2D eigenvalue weighted by atomic mass is 35.5. The number of nitrogens with zero attached hydrogens (tertiary/aromatic N) is 3. The number of rotatable bonds is 6. The number of halogens is 1. The normalized spacial score (nSPS) is 14.8. The molecule has 1 aliphatic heterocycles. The molecule has 0 radical (unpaired) electrons. The molecule has 0 aromatic heterocycles. The SMILES string of the molecule is N#CNC(=NCc1ccccc1)NC1CCN(C(=O)CCc2ccccc2Cl)CC1. The minimum atomic E-state index is 0.154. The monoisotopic (exact) mass is 423 g/mol. The number of likely N-dealkylation sites (tertiary alicyclic amines) is 1. The molecule has 7 heteroatoms. The number of carbonyl (C=O) groups excluding carboxylic acids is 1. The molecule has 0 saturated carbocycles. The predicted octanol–water partition coefficient (Wildman–Crippen LogP) is 3.48. The van der Waals surface area contributed by atoms with Gasteiger partial charge in [0.15, 0.2) is 6.19 Å². The standard InChI is InChI=1S/C23H26ClN5O/c24-21-9-5-4-8-19(21)10-11-22(30)29-14-12-20(13-15-29)28-23(27-17-25)26-16-18-6-2-1-3-7-18/h1-9,20H,10-16H2,(H2,26,27,28). The number of carbonyl (C=O) groups is 1. The van der Waals surface area contributed by atoms with Gasteiger partial charge in [-0.3, -0.25) is 10.1 Å². The van der Waals surface area contributed by atoms with Crippen molar-refractivity contribution in [2.24, 2.45) is 4.99 Å². The number of aliphatic imine (C=N–C) groups is 1. The number of amides is 1. The molecule has 1 saturated heterocycles. The van der Waals surface area contributed by atoms with Crippen LogP contribution in [0.3, 0.4) is 0 Å². The van der Waals surface area contributed by atoms with E-state index >= 15 is 0 Å². The van der Waals surface area contributed by atoms with Crippen LogP contribution in [0.5, 0.6) is 0 Å². The molecular weight excluding hydrogens is 398 g/mol. The van der Waals surface area contributed by atoms with E-state index in [0.29, 0.717) is 43.5 Å². The second-order valence-corrected chi connectivity index (χ2v) is 7.69. The van der Waals surface area contributed by atoms with E-state index in [0.717, 1.165) is 24.0 Å². The number of aryl methyl sites for hydroxylation is 1. The molecule has 2 aromatic carbocycles. The number of benzene rings is 2. The fourth-order valence-electron chi connectivity index (χ4n) is 3.50. The van der Waals surface area contributed by atoms with Crippen LogP contribution in [0, 0.1) is 11.5 Å². The molecule has 2 aromatic rings. The van der Waals surface area contributed by atoms with Crippen LogP contribution < -0.4 is 10.6 Å². The Labute approximate surface area is 182 Å². The summed E-state index contributed by atoms with van der Waals surface area (Å²) >= 11 is 6.18. The molecule has 2 N–H and O–H groups in total. The Morgan fingerprint density at radius 1 is 1.13 bits per heavy atom. The first-order valence-electron chi connectivity index (χ1n) is 10.2. The number of hydrogen-bond donors (Lipinski definition) is 2. The maximum Gasteiger partial charge on any atom is 0.222 e. The summed E-state index contributed by atoms with van der Waals surface area (Å²) in [5.74, 6) is 0.631. The van der Waals surface area contributed by atoms with Gasteiger partial charge in [0.2, 0.25) is 11.9 Å². The van der Waals surface area contributed by atoms with Crippen molar-refractivity contribution in [2.75, 3.05) is 13.1 Å². The zero-order valence-electron chi connectivity index (χ0n) is 16.9. The van der Waals surface area contributed by atoms with Gasteiger partial charge in [-0.1, -0.05) is 60.1 Å². The zero-order valence-corrected chi connectivity index (χ0v) is 17.6.